The second-order valence-electron chi connectivity index (χ2n) is 6.45. The minimum Gasteiger partial charge on any atom is -0.497 e. The van der Waals surface area contributed by atoms with Gasteiger partial charge in [0.15, 0.2) is 0 Å². The van der Waals surface area contributed by atoms with Crippen LogP contribution in [-0.2, 0) is 4.74 Å². The van der Waals surface area contributed by atoms with E-state index in [1.807, 2.05) is 0 Å². The van der Waals surface area contributed by atoms with Gasteiger partial charge in [0.25, 0.3) is 0 Å². The van der Waals surface area contributed by atoms with E-state index < -0.39 is 0 Å². The van der Waals surface area contributed by atoms with E-state index >= 15 is 0 Å². The average Bonchev–Trinajstić information content (AvgIpc) is 2.51. The molecule has 1 heterocycles. The number of rotatable bonds is 5. The molecule has 116 valence electrons. The molecule has 1 saturated heterocycles. The van der Waals surface area contributed by atoms with Crippen LogP contribution in [0.15, 0.2) is 24.3 Å². The zero-order valence-electron chi connectivity index (χ0n) is 13.2. The van der Waals surface area contributed by atoms with E-state index in [-0.39, 0.29) is 5.60 Å². The second kappa shape index (κ2) is 6.37. The smallest absolute Gasteiger partial charge is 0.118 e. The Balaban J connectivity index is 1.76. The van der Waals surface area contributed by atoms with E-state index in [0.29, 0.717) is 12.0 Å². The molecule has 0 radical (unpaired) electrons. The van der Waals surface area contributed by atoms with Crippen LogP contribution in [0.2, 0.25) is 0 Å². The van der Waals surface area contributed by atoms with Crippen molar-refractivity contribution in [1.29, 1.82) is 0 Å². The van der Waals surface area contributed by atoms with Crippen molar-refractivity contribution in [1.82, 2.24) is 5.32 Å². The third kappa shape index (κ3) is 3.09. The van der Waals surface area contributed by atoms with E-state index in [4.69, 9.17) is 9.47 Å². The second-order valence-corrected chi connectivity index (χ2v) is 6.45. The molecule has 1 aromatic rings. The molecule has 1 aromatic carbocycles. The molecule has 1 aliphatic carbocycles. The van der Waals surface area contributed by atoms with Crippen LogP contribution < -0.4 is 10.1 Å². The molecule has 2 aliphatic rings. The summed E-state index contributed by atoms with van der Waals surface area (Å²) in [6, 6.07) is 8.97. The van der Waals surface area contributed by atoms with Crippen molar-refractivity contribution in [2.45, 2.75) is 50.7 Å². The highest BCUT2D eigenvalue weighted by Gasteiger charge is 2.44. The first-order valence-corrected chi connectivity index (χ1v) is 8.28. The van der Waals surface area contributed by atoms with Crippen LogP contribution in [0, 0.1) is 5.92 Å². The molecule has 0 amide bonds. The molecule has 1 spiro atoms. The molecule has 1 N–H and O–H groups in total. The summed E-state index contributed by atoms with van der Waals surface area (Å²) in [5.74, 6) is 1.60. The van der Waals surface area contributed by atoms with Gasteiger partial charge < -0.3 is 14.8 Å². The minimum absolute atomic E-state index is 0.211. The number of hydrogen-bond donors (Lipinski definition) is 1. The Morgan fingerprint density at radius 2 is 2.10 bits per heavy atom. The lowest BCUT2D eigenvalue weighted by Crippen LogP contribution is -2.48. The molecule has 2 fully saturated rings. The third-order valence-electron chi connectivity index (χ3n) is 5.17. The van der Waals surface area contributed by atoms with Crippen LogP contribution in [0.4, 0.5) is 0 Å². The summed E-state index contributed by atoms with van der Waals surface area (Å²) in [5.41, 5.74) is 1.59. The van der Waals surface area contributed by atoms with Gasteiger partial charge in [-0.1, -0.05) is 19.1 Å². The highest BCUT2D eigenvalue weighted by Crippen LogP contribution is 2.47. The largest absolute Gasteiger partial charge is 0.497 e. The molecule has 0 bridgehead atoms. The van der Waals surface area contributed by atoms with Crippen LogP contribution in [-0.4, -0.2) is 25.9 Å². The summed E-state index contributed by atoms with van der Waals surface area (Å²) in [4.78, 5) is 0. The first-order chi connectivity index (χ1) is 10.3. The molecular formula is C18H27NO2. The van der Waals surface area contributed by atoms with Crippen LogP contribution in [0.5, 0.6) is 5.75 Å². The monoisotopic (exact) mass is 289 g/mol. The van der Waals surface area contributed by atoms with Crippen molar-refractivity contribution in [3.63, 3.8) is 0 Å². The van der Waals surface area contributed by atoms with E-state index in [9.17, 15) is 0 Å². The van der Waals surface area contributed by atoms with Gasteiger partial charge in [-0.3, -0.25) is 0 Å². The highest BCUT2D eigenvalue weighted by atomic mass is 16.5. The number of hydrogen-bond acceptors (Lipinski definition) is 3. The van der Waals surface area contributed by atoms with Gasteiger partial charge in [-0.25, -0.2) is 0 Å². The summed E-state index contributed by atoms with van der Waals surface area (Å²) in [6.07, 6.45) is 6.21. The minimum atomic E-state index is 0.211. The van der Waals surface area contributed by atoms with Crippen molar-refractivity contribution in [3.05, 3.63) is 29.8 Å². The van der Waals surface area contributed by atoms with Crippen molar-refractivity contribution < 1.29 is 9.47 Å². The number of benzene rings is 1. The van der Waals surface area contributed by atoms with Crippen LogP contribution in [0.3, 0.4) is 0 Å². The maximum Gasteiger partial charge on any atom is 0.118 e. The maximum atomic E-state index is 6.08. The highest BCUT2D eigenvalue weighted by molar-refractivity contribution is 5.29. The van der Waals surface area contributed by atoms with E-state index in [1.165, 1.54) is 31.2 Å². The number of nitrogens with one attached hydrogen (secondary N) is 1. The van der Waals surface area contributed by atoms with Gasteiger partial charge >= 0.3 is 0 Å². The lowest BCUT2D eigenvalue weighted by molar-refractivity contribution is -0.147. The molecule has 3 nitrogen and oxygen atoms in total. The fourth-order valence-corrected chi connectivity index (χ4v) is 3.86. The van der Waals surface area contributed by atoms with E-state index in [0.717, 1.165) is 25.3 Å². The molecule has 2 unspecified atom stereocenters. The third-order valence-corrected chi connectivity index (χ3v) is 5.17. The molecule has 3 rings (SSSR count). The van der Waals surface area contributed by atoms with Gasteiger partial charge in [0.05, 0.1) is 12.7 Å². The maximum absolute atomic E-state index is 6.08. The summed E-state index contributed by atoms with van der Waals surface area (Å²) in [7, 11) is 1.72. The first-order valence-electron chi connectivity index (χ1n) is 8.28. The molecule has 3 heteroatoms. The summed E-state index contributed by atoms with van der Waals surface area (Å²) in [6.45, 7) is 4.11. The lowest BCUT2D eigenvalue weighted by atomic mass is 9.69. The summed E-state index contributed by atoms with van der Waals surface area (Å²) < 4.78 is 11.4. The van der Waals surface area contributed by atoms with E-state index in [1.54, 1.807) is 7.11 Å². The first kappa shape index (κ1) is 14.9. The molecule has 21 heavy (non-hydrogen) atoms. The zero-order valence-corrected chi connectivity index (χ0v) is 13.2. The molecule has 1 saturated carbocycles. The SMILES string of the molecule is CCNC(c1ccc(OC)cc1)C1CCOC2(CCC2)C1. The van der Waals surface area contributed by atoms with Crippen molar-refractivity contribution in [3.8, 4) is 5.75 Å². The van der Waals surface area contributed by atoms with Gasteiger partial charge in [-0.05, 0) is 62.3 Å². The Morgan fingerprint density at radius 3 is 2.67 bits per heavy atom. The number of methoxy groups -OCH3 is 1. The fourth-order valence-electron chi connectivity index (χ4n) is 3.86. The molecule has 2 atom stereocenters. The lowest BCUT2D eigenvalue weighted by Gasteiger charge is -2.49. The van der Waals surface area contributed by atoms with Crippen LogP contribution >= 0.6 is 0 Å². The van der Waals surface area contributed by atoms with Gasteiger partial charge in [0.2, 0.25) is 0 Å². The standard InChI is InChI=1S/C18H27NO2/c1-3-19-17(14-5-7-16(20-2)8-6-14)15-9-12-21-18(13-15)10-4-11-18/h5-8,15,17,19H,3-4,9-13H2,1-2H3. The average molecular weight is 289 g/mol. The normalized spacial score (nSPS) is 25.3. The molecule has 0 aromatic heterocycles. The van der Waals surface area contributed by atoms with E-state index in [2.05, 4.69) is 36.5 Å². The summed E-state index contributed by atoms with van der Waals surface area (Å²) >= 11 is 0. The predicted molar refractivity (Wildman–Crippen MR) is 84.7 cm³/mol. The van der Waals surface area contributed by atoms with Crippen molar-refractivity contribution in [2.75, 3.05) is 20.3 Å². The Labute approximate surface area is 128 Å². The van der Waals surface area contributed by atoms with Gasteiger partial charge in [0, 0.05) is 12.6 Å². The topological polar surface area (TPSA) is 30.5 Å². The Morgan fingerprint density at radius 1 is 1.33 bits per heavy atom. The molecule has 1 aliphatic heterocycles. The van der Waals surface area contributed by atoms with Crippen LogP contribution in [0.25, 0.3) is 0 Å². The van der Waals surface area contributed by atoms with Crippen molar-refractivity contribution >= 4 is 0 Å². The quantitative estimate of drug-likeness (QED) is 0.896. The van der Waals surface area contributed by atoms with Gasteiger partial charge in [-0.15, -0.1) is 0 Å². The molecular weight excluding hydrogens is 262 g/mol. The van der Waals surface area contributed by atoms with Gasteiger partial charge in [-0.2, -0.15) is 0 Å². The zero-order chi connectivity index (χ0) is 14.7. The predicted octanol–water partition coefficient (Wildman–Crippen LogP) is 3.70. The number of ether oxygens (including phenoxy) is 2. The van der Waals surface area contributed by atoms with Crippen molar-refractivity contribution in [2.24, 2.45) is 5.92 Å². The Kier molecular flexibility index (Phi) is 4.51. The van der Waals surface area contributed by atoms with Crippen LogP contribution in [0.1, 0.15) is 50.6 Å². The fraction of sp³-hybridized carbons (Fsp3) is 0.667. The Hall–Kier alpha value is -1.06. The van der Waals surface area contributed by atoms with Gasteiger partial charge in [0.1, 0.15) is 5.75 Å². The Bertz CT molecular complexity index is 453. The summed E-state index contributed by atoms with van der Waals surface area (Å²) in [5, 5.41) is 3.70.